The SMILES string of the molecule is O=C(CCN1C=C1)OCCOC(=O)CCN1C=C1. The second kappa shape index (κ2) is 6.09. The van der Waals surface area contributed by atoms with E-state index in [0.29, 0.717) is 25.9 Å². The lowest BCUT2D eigenvalue weighted by molar-refractivity contribution is -0.152. The van der Waals surface area contributed by atoms with Crippen LogP contribution in [0.4, 0.5) is 0 Å². The van der Waals surface area contributed by atoms with E-state index < -0.39 is 0 Å². The van der Waals surface area contributed by atoms with Crippen LogP contribution >= 0.6 is 0 Å². The van der Waals surface area contributed by atoms with Crippen molar-refractivity contribution in [1.82, 2.24) is 9.80 Å². The Morgan fingerprint density at radius 3 is 1.50 bits per heavy atom. The first-order chi connectivity index (χ1) is 8.74. The maximum absolute atomic E-state index is 11.2. The number of carbonyl (C=O) groups excluding carboxylic acids is 2. The minimum atomic E-state index is -0.270. The van der Waals surface area contributed by atoms with E-state index >= 15 is 0 Å². The van der Waals surface area contributed by atoms with Crippen molar-refractivity contribution < 1.29 is 19.1 Å². The molecule has 0 fully saturated rings. The standard InChI is InChI=1S/C12H16N2O4/c15-11(1-3-13-5-6-13)17-9-10-18-12(16)2-4-14-7-8-14/h5-8H,1-4,9-10H2. The molecule has 0 aromatic carbocycles. The topological polar surface area (TPSA) is 58.6 Å². The van der Waals surface area contributed by atoms with Crippen LogP contribution in [0.3, 0.4) is 0 Å². The zero-order valence-electron chi connectivity index (χ0n) is 10.1. The second-order valence-corrected chi connectivity index (χ2v) is 4.01. The minimum Gasteiger partial charge on any atom is -0.462 e. The molecule has 0 saturated heterocycles. The fourth-order valence-corrected chi connectivity index (χ4v) is 1.29. The monoisotopic (exact) mass is 252 g/mol. The van der Waals surface area contributed by atoms with E-state index in [1.807, 2.05) is 34.6 Å². The number of esters is 2. The molecule has 0 spiro atoms. The number of ether oxygens (including phenoxy) is 2. The number of rotatable bonds is 9. The molecular weight excluding hydrogens is 236 g/mol. The Hall–Kier alpha value is -1.98. The summed E-state index contributed by atoms with van der Waals surface area (Å²) in [4.78, 5) is 26.2. The van der Waals surface area contributed by atoms with Gasteiger partial charge in [0, 0.05) is 37.9 Å². The van der Waals surface area contributed by atoms with Gasteiger partial charge in [-0.25, -0.2) is 0 Å². The van der Waals surface area contributed by atoms with Crippen molar-refractivity contribution in [2.75, 3.05) is 26.3 Å². The number of hydrogen-bond donors (Lipinski definition) is 0. The fourth-order valence-electron chi connectivity index (χ4n) is 1.29. The lowest BCUT2D eigenvalue weighted by atomic mass is 10.4. The summed E-state index contributed by atoms with van der Waals surface area (Å²) in [5.74, 6) is -0.541. The van der Waals surface area contributed by atoms with Gasteiger partial charge in [0.15, 0.2) is 0 Å². The van der Waals surface area contributed by atoms with Gasteiger partial charge in [-0.2, -0.15) is 0 Å². The molecule has 0 unspecified atom stereocenters. The van der Waals surface area contributed by atoms with Crippen molar-refractivity contribution in [3.63, 3.8) is 0 Å². The first-order valence-electron chi connectivity index (χ1n) is 5.93. The predicted octanol–water partition coefficient (Wildman–Crippen LogP) is 0.427. The van der Waals surface area contributed by atoms with Gasteiger partial charge in [0.2, 0.25) is 0 Å². The van der Waals surface area contributed by atoms with Crippen molar-refractivity contribution in [2.24, 2.45) is 0 Å². The molecule has 0 amide bonds. The molecule has 0 aliphatic carbocycles. The maximum Gasteiger partial charge on any atom is 0.307 e. The first-order valence-corrected chi connectivity index (χ1v) is 5.93. The maximum atomic E-state index is 11.2. The van der Waals surface area contributed by atoms with E-state index in [4.69, 9.17) is 9.47 Å². The fraction of sp³-hybridized carbons (Fsp3) is 0.500. The summed E-state index contributed by atoms with van der Waals surface area (Å²) in [7, 11) is 0. The van der Waals surface area contributed by atoms with Crippen LogP contribution in [0.1, 0.15) is 12.8 Å². The van der Waals surface area contributed by atoms with Gasteiger partial charge in [-0.3, -0.25) is 9.59 Å². The predicted molar refractivity (Wildman–Crippen MR) is 62.8 cm³/mol. The zero-order chi connectivity index (χ0) is 12.8. The van der Waals surface area contributed by atoms with Crippen LogP contribution < -0.4 is 0 Å². The summed E-state index contributed by atoms with van der Waals surface area (Å²) in [5, 5.41) is 0. The van der Waals surface area contributed by atoms with Gasteiger partial charge < -0.3 is 19.3 Å². The molecular formula is C12H16N2O4. The van der Waals surface area contributed by atoms with Crippen molar-refractivity contribution >= 4 is 11.9 Å². The Morgan fingerprint density at radius 2 is 1.17 bits per heavy atom. The Labute approximate surface area is 105 Å². The lowest BCUT2D eigenvalue weighted by Gasteiger charge is -2.07. The normalized spacial score (nSPS) is 14.7. The van der Waals surface area contributed by atoms with Gasteiger partial charge in [-0.1, -0.05) is 0 Å². The van der Waals surface area contributed by atoms with Crippen LogP contribution in [0.25, 0.3) is 0 Å². The highest BCUT2D eigenvalue weighted by atomic mass is 16.6. The van der Waals surface area contributed by atoms with E-state index in [0.717, 1.165) is 0 Å². The van der Waals surface area contributed by atoms with E-state index in [-0.39, 0.29) is 25.2 Å². The molecule has 2 aliphatic heterocycles. The van der Waals surface area contributed by atoms with Crippen LogP contribution in [-0.2, 0) is 19.1 Å². The Bertz CT molecular complexity index is 330. The Balaban J connectivity index is 1.39. The minimum absolute atomic E-state index is 0.125. The lowest BCUT2D eigenvalue weighted by Crippen LogP contribution is -2.17. The molecule has 0 radical (unpaired) electrons. The van der Waals surface area contributed by atoms with Gasteiger partial charge in [-0.15, -0.1) is 0 Å². The van der Waals surface area contributed by atoms with Crippen LogP contribution in [-0.4, -0.2) is 48.0 Å². The summed E-state index contributed by atoms with van der Waals surface area (Å²) >= 11 is 0. The summed E-state index contributed by atoms with van der Waals surface area (Å²) < 4.78 is 9.83. The van der Waals surface area contributed by atoms with E-state index in [1.165, 1.54) is 0 Å². The highest BCUT2D eigenvalue weighted by Gasteiger charge is 2.11. The molecule has 6 nitrogen and oxygen atoms in total. The highest BCUT2D eigenvalue weighted by molar-refractivity contribution is 5.70. The molecule has 0 bridgehead atoms. The third-order valence-electron chi connectivity index (χ3n) is 2.48. The van der Waals surface area contributed by atoms with E-state index in [1.54, 1.807) is 0 Å². The van der Waals surface area contributed by atoms with Crippen molar-refractivity contribution in [2.45, 2.75) is 12.8 Å². The molecule has 0 N–H and O–H groups in total. The Kier molecular flexibility index (Phi) is 4.22. The van der Waals surface area contributed by atoms with Crippen molar-refractivity contribution in [3.8, 4) is 0 Å². The van der Waals surface area contributed by atoms with Gasteiger partial charge >= 0.3 is 11.9 Å². The van der Waals surface area contributed by atoms with Crippen molar-refractivity contribution in [3.05, 3.63) is 24.8 Å². The average Bonchev–Trinajstić information content (AvgIpc) is 3.23. The van der Waals surface area contributed by atoms with Gasteiger partial charge in [0.1, 0.15) is 13.2 Å². The van der Waals surface area contributed by atoms with Crippen molar-refractivity contribution in [1.29, 1.82) is 0 Å². The third-order valence-corrected chi connectivity index (χ3v) is 2.48. The van der Waals surface area contributed by atoms with Crippen LogP contribution in [0.2, 0.25) is 0 Å². The molecule has 2 heterocycles. The van der Waals surface area contributed by atoms with Gasteiger partial charge in [0.25, 0.3) is 0 Å². The molecule has 2 aliphatic rings. The molecule has 0 atom stereocenters. The summed E-state index contributed by atoms with van der Waals surface area (Å²) in [6.07, 6.45) is 8.25. The third kappa shape index (κ3) is 5.38. The molecule has 6 heteroatoms. The zero-order valence-corrected chi connectivity index (χ0v) is 10.1. The largest absolute Gasteiger partial charge is 0.462 e. The number of hydrogen-bond acceptors (Lipinski definition) is 6. The first kappa shape index (κ1) is 12.5. The summed E-state index contributed by atoms with van der Waals surface area (Å²) in [5.41, 5.74) is 0. The number of nitrogens with zero attached hydrogens (tertiary/aromatic N) is 2. The van der Waals surface area contributed by atoms with Gasteiger partial charge in [-0.05, 0) is 0 Å². The van der Waals surface area contributed by atoms with Crippen LogP contribution in [0, 0.1) is 0 Å². The quantitative estimate of drug-likeness (QED) is 0.438. The highest BCUT2D eigenvalue weighted by Crippen LogP contribution is 2.07. The van der Waals surface area contributed by atoms with Crippen LogP contribution in [0.5, 0.6) is 0 Å². The summed E-state index contributed by atoms with van der Waals surface area (Å²) in [6, 6.07) is 0. The molecule has 0 saturated carbocycles. The Morgan fingerprint density at radius 1 is 0.778 bits per heavy atom. The van der Waals surface area contributed by atoms with Crippen LogP contribution in [0.15, 0.2) is 24.8 Å². The molecule has 0 aromatic rings. The van der Waals surface area contributed by atoms with Gasteiger partial charge in [0.05, 0.1) is 12.8 Å². The summed E-state index contributed by atoms with van der Waals surface area (Å²) in [6.45, 7) is 1.56. The number of carbonyl (C=O) groups is 2. The molecule has 18 heavy (non-hydrogen) atoms. The second-order valence-electron chi connectivity index (χ2n) is 4.01. The average molecular weight is 252 g/mol. The smallest absolute Gasteiger partial charge is 0.307 e. The molecule has 0 aromatic heterocycles. The van der Waals surface area contributed by atoms with E-state index in [2.05, 4.69) is 0 Å². The molecule has 2 rings (SSSR count). The van der Waals surface area contributed by atoms with E-state index in [9.17, 15) is 9.59 Å². The molecule has 98 valence electrons.